The van der Waals surface area contributed by atoms with Crippen molar-refractivity contribution in [1.29, 1.82) is 0 Å². The fourth-order valence-corrected chi connectivity index (χ4v) is 5.68. The first-order valence-corrected chi connectivity index (χ1v) is 15.4. The molecule has 1 aliphatic heterocycles. The number of urea groups is 1. The first-order valence-electron chi connectivity index (χ1n) is 15.4. The maximum atomic E-state index is 13.4. The molecule has 12 heteroatoms. The number of rotatable bonds is 8. The van der Waals surface area contributed by atoms with E-state index in [1.165, 1.54) is 11.2 Å². The van der Waals surface area contributed by atoms with E-state index >= 15 is 0 Å². The fraction of sp³-hybridized carbons (Fsp3) is 0.294. The molecule has 2 aromatic carbocycles. The Morgan fingerprint density at radius 2 is 1.70 bits per heavy atom. The first kappa shape index (κ1) is 30.7. The number of piperazine rings is 1. The molecule has 0 radical (unpaired) electrons. The van der Waals surface area contributed by atoms with Crippen LogP contribution in [0.5, 0.6) is 0 Å². The summed E-state index contributed by atoms with van der Waals surface area (Å²) in [5, 5.41) is 11.9. The Kier molecular flexibility index (Phi) is 8.88. The molecule has 1 fully saturated rings. The molecule has 4 heterocycles. The van der Waals surface area contributed by atoms with Crippen LogP contribution >= 0.6 is 0 Å². The third kappa shape index (κ3) is 6.66. The van der Waals surface area contributed by atoms with Crippen molar-refractivity contribution in [3.8, 4) is 0 Å². The number of aromatic nitrogens is 5. The number of anilines is 4. The van der Waals surface area contributed by atoms with E-state index in [0.29, 0.717) is 29.4 Å². The molecule has 0 spiro atoms. The molecule has 236 valence electrons. The zero-order valence-electron chi connectivity index (χ0n) is 26.6. The highest BCUT2D eigenvalue weighted by Crippen LogP contribution is 2.28. The number of aryl methyl sites for hydroxylation is 2. The van der Waals surface area contributed by atoms with Crippen LogP contribution in [0.4, 0.5) is 27.8 Å². The van der Waals surface area contributed by atoms with Gasteiger partial charge in [0.1, 0.15) is 18.0 Å². The van der Waals surface area contributed by atoms with E-state index in [9.17, 15) is 9.59 Å². The van der Waals surface area contributed by atoms with Crippen molar-refractivity contribution in [2.45, 2.75) is 27.3 Å². The monoisotopic (exact) mass is 618 g/mol. The summed E-state index contributed by atoms with van der Waals surface area (Å²) in [4.78, 5) is 45.3. The Hall–Kier alpha value is -5.36. The molecule has 0 saturated carbocycles. The second-order valence-electron chi connectivity index (χ2n) is 11.4. The molecule has 0 bridgehead atoms. The average Bonchev–Trinajstić information content (AvgIpc) is 3.39. The van der Waals surface area contributed by atoms with Crippen LogP contribution < -0.4 is 15.5 Å². The van der Waals surface area contributed by atoms with Crippen molar-refractivity contribution >= 4 is 45.9 Å². The number of hydrogen-bond donors (Lipinski definition) is 2. The second kappa shape index (κ2) is 13.3. The van der Waals surface area contributed by atoms with Gasteiger partial charge in [-0.1, -0.05) is 19.1 Å². The van der Waals surface area contributed by atoms with E-state index in [1.54, 1.807) is 13.1 Å². The number of amides is 3. The van der Waals surface area contributed by atoms with Crippen molar-refractivity contribution in [2.24, 2.45) is 0 Å². The third-order valence-electron chi connectivity index (χ3n) is 8.26. The van der Waals surface area contributed by atoms with Gasteiger partial charge in [-0.05, 0) is 68.9 Å². The number of carbonyl (C=O) groups is 2. The first-order chi connectivity index (χ1) is 22.3. The Balaban J connectivity index is 1.12. The number of nitrogens with one attached hydrogen (secondary N) is 2. The summed E-state index contributed by atoms with van der Waals surface area (Å²) in [7, 11) is 1.65. The zero-order valence-corrected chi connectivity index (χ0v) is 26.6. The van der Waals surface area contributed by atoms with E-state index in [0.717, 1.165) is 66.4 Å². The lowest BCUT2D eigenvalue weighted by Crippen LogP contribution is -2.48. The predicted octanol–water partition coefficient (Wildman–Crippen LogP) is 5.08. The highest BCUT2D eigenvalue weighted by atomic mass is 16.2. The summed E-state index contributed by atoms with van der Waals surface area (Å²) in [5.74, 6) is 0.974. The Morgan fingerprint density at radius 1 is 0.935 bits per heavy atom. The van der Waals surface area contributed by atoms with Gasteiger partial charge in [0.25, 0.3) is 5.91 Å². The maximum Gasteiger partial charge on any atom is 0.327 e. The van der Waals surface area contributed by atoms with Gasteiger partial charge in [-0.2, -0.15) is 5.10 Å². The lowest BCUT2D eigenvalue weighted by Gasteiger charge is -2.34. The summed E-state index contributed by atoms with van der Waals surface area (Å²) in [6.07, 6.45) is 1.41. The second-order valence-corrected chi connectivity index (χ2v) is 11.4. The molecule has 0 unspecified atom stereocenters. The van der Waals surface area contributed by atoms with Gasteiger partial charge in [-0.25, -0.2) is 14.8 Å². The molecule has 0 aliphatic carbocycles. The predicted molar refractivity (Wildman–Crippen MR) is 180 cm³/mol. The number of benzene rings is 2. The minimum Gasteiger partial charge on any atom is -0.340 e. The van der Waals surface area contributed by atoms with Gasteiger partial charge in [-0.15, -0.1) is 0 Å². The SMILES string of the molecule is CCN1CCN(C(=O)c2ccc(Nc3cc(N(C)C(=O)Nc4cccc5c4c(C)nn5Cc4cccc(C)n4)ncn3)cc2)CC1. The number of nitrogens with zero attached hydrogens (tertiary/aromatic N) is 8. The molecular weight excluding hydrogens is 580 g/mol. The number of pyridine rings is 1. The number of fused-ring (bicyclic) bond motifs is 1. The van der Waals surface area contributed by atoms with E-state index in [4.69, 9.17) is 5.10 Å². The quantitative estimate of drug-likeness (QED) is 0.247. The Labute approximate surface area is 268 Å². The molecule has 0 atom stereocenters. The van der Waals surface area contributed by atoms with E-state index < -0.39 is 0 Å². The average molecular weight is 619 g/mol. The van der Waals surface area contributed by atoms with Crippen molar-refractivity contribution < 1.29 is 9.59 Å². The van der Waals surface area contributed by atoms with Crippen molar-refractivity contribution in [2.75, 3.05) is 55.3 Å². The smallest absolute Gasteiger partial charge is 0.327 e. The van der Waals surface area contributed by atoms with E-state index in [2.05, 4.69) is 37.4 Å². The van der Waals surface area contributed by atoms with Crippen molar-refractivity contribution in [3.63, 3.8) is 0 Å². The van der Waals surface area contributed by atoms with E-state index in [1.807, 2.05) is 84.1 Å². The van der Waals surface area contributed by atoms with Gasteiger partial charge >= 0.3 is 6.03 Å². The normalized spacial score (nSPS) is 13.5. The lowest BCUT2D eigenvalue weighted by molar-refractivity contribution is 0.0643. The highest BCUT2D eigenvalue weighted by Gasteiger charge is 2.22. The molecule has 6 rings (SSSR count). The molecular formula is C34H38N10O2. The van der Waals surface area contributed by atoms with Gasteiger partial charge in [-0.3, -0.25) is 19.4 Å². The van der Waals surface area contributed by atoms with Crippen molar-refractivity contribution in [1.82, 2.24) is 34.5 Å². The lowest BCUT2D eigenvalue weighted by atomic mass is 10.1. The van der Waals surface area contributed by atoms with Crippen molar-refractivity contribution in [3.05, 3.63) is 95.7 Å². The standard InChI is InChI=1S/C34H38N10O2/c1-5-42-16-18-43(19-17-42)33(45)25-12-14-26(15-13-25)38-30-20-31(36-22-35-30)41(4)34(46)39-28-10-7-11-29-32(28)24(3)40-44(29)21-27-9-6-8-23(2)37-27/h6-15,20,22H,5,16-19,21H2,1-4H3,(H,39,46)(H,35,36,38). The topological polar surface area (TPSA) is 124 Å². The van der Waals surface area contributed by atoms with Crippen LogP contribution in [0.25, 0.3) is 10.9 Å². The Morgan fingerprint density at radius 3 is 2.43 bits per heavy atom. The summed E-state index contributed by atoms with van der Waals surface area (Å²) in [5.41, 5.74) is 5.65. The highest BCUT2D eigenvalue weighted by molar-refractivity contribution is 6.07. The van der Waals surface area contributed by atoms with Crippen LogP contribution in [-0.4, -0.2) is 86.2 Å². The van der Waals surface area contributed by atoms with Gasteiger partial charge in [0, 0.05) is 61.6 Å². The van der Waals surface area contributed by atoms with Crippen LogP contribution in [0.1, 0.15) is 34.4 Å². The molecule has 2 N–H and O–H groups in total. The number of carbonyl (C=O) groups excluding carboxylic acids is 2. The molecule has 3 amide bonds. The molecule has 1 aliphatic rings. The maximum absolute atomic E-state index is 13.4. The minimum atomic E-state index is -0.354. The molecule has 1 saturated heterocycles. The summed E-state index contributed by atoms with van der Waals surface area (Å²) in [6, 6.07) is 20.4. The van der Waals surface area contributed by atoms with E-state index in [-0.39, 0.29) is 11.9 Å². The molecule has 12 nitrogen and oxygen atoms in total. The van der Waals surface area contributed by atoms with Crippen LogP contribution in [0.2, 0.25) is 0 Å². The summed E-state index contributed by atoms with van der Waals surface area (Å²) >= 11 is 0. The van der Waals surface area contributed by atoms with Gasteiger partial charge in [0.15, 0.2) is 0 Å². The van der Waals surface area contributed by atoms with Gasteiger partial charge in [0.05, 0.1) is 29.1 Å². The van der Waals surface area contributed by atoms with Crippen LogP contribution in [0.15, 0.2) is 73.1 Å². The molecule has 46 heavy (non-hydrogen) atoms. The van der Waals surface area contributed by atoms with Gasteiger partial charge in [0.2, 0.25) is 0 Å². The largest absolute Gasteiger partial charge is 0.340 e. The fourth-order valence-electron chi connectivity index (χ4n) is 5.68. The third-order valence-corrected chi connectivity index (χ3v) is 8.26. The zero-order chi connectivity index (χ0) is 32.2. The summed E-state index contributed by atoms with van der Waals surface area (Å²) < 4.78 is 1.91. The van der Waals surface area contributed by atoms with Crippen LogP contribution in [0, 0.1) is 13.8 Å². The minimum absolute atomic E-state index is 0.0424. The van der Waals surface area contributed by atoms with Crippen LogP contribution in [-0.2, 0) is 6.54 Å². The van der Waals surface area contributed by atoms with Gasteiger partial charge < -0.3 is 20.4 Å². The molecule has 3 aromatic heterocycles. The summed E-state index contributed by atoms with van der Waals surface area (Å²) in [6.45, 7) is 10.8. The number of likely N-dealkylation sites (N-methyl/N-ethyl adjacent to an activating group) is 1. The molecule has 5 aromatic rings. The number of hydrogen-bond acceptors (Lipinski definition) is 8. The Bertz CT molecular complexity index is 1860. The van der Waals surface area contributed by atoms with Crippen LogP contribution in [0.3, 0.4) is 0 Å².